The van der Waals surface area contributed by atoms with E-state index in [-0.39, 0.29) is 23.5 Å². The number of hydrogen-bond acceptors (Lipinski definition) is 4. The van der Waals surface area contributed by atoms with Crippen molar-refractivity contribution in [1.29, 1.82) is 0 Å². The van der Waals surface area contributed by atoms with Gasteiger partial charge in [-0.3, -0.25) is 4.79 Å². The van der Waals surface area contributed by atoms with E-state index >= 15 is 0 Å². The van der Waals surface area contributed by atoms with Gasteiger partial charge in [0.1, 0.15) is 0 Å². The minimum atomic E-state index is -0.388. The van der Waals surface area contributed by atoms with Crippen molar-refractivity contribution in [1.82, 2.24) is 4.98 Å². The molecule has 0 spiro atoms. The SMILES string of the molecule is Cc1cccc([C@@]2(C)CC(C)(C)N(C(=O)COc3nc4ccccc4s3)c3ccccc32)c1. The molecule has 0 radical (unpaired) electrons. The molecule has 4 aromatic rings. The van der Waals surface area contributed by atoms with Gasteiger partial charge in [0.2, 0.25) is 0 Å². The molecule has 0 bridgehead atoms. The summed E-state index contributed by atoms with van der Waals surface area (Å²) in [5, 5.41) is 0.525. The summed E-state index contributed by atoms with van der Waals surface area (Å²) in [6, 6.07) is 24.9. The maximum atomic E-state index is 13.5. The third-order valence-corrected chi connectivity index (χ3v) is 7.58. The van der Waals surface area contributed by atoms with Crippen molar-refractivity contribution in [3.05, 3.63) is 89.5 Å². The average molecular weight is 457 g/mol. The van der Waals surface area contributed by atoms with Gasteiger partial charge in [-0.2, -0.15) is 0 Å². The zero-order valence-corrected chi connectivity index (χ0v) is 20.3. The molecule has 0 saturated heterocycles. The van der Waals surface area contributed by atoms with Crippen LogP contribution in [0.5, 0.6) is 5.19 Å². The highest BCUT2D eigenvalue weighted by atomic mass is 32.1. The normalized spacial score (nSPS) is 19.3. The molecule has 1 atom stereocenters. The summed E-state index contributed by atoms with van der Waals surface area (Å²) in [6.07, 6.45) is 0.813. The van der Waals surface area contributed by atoms with Gasteiger partial charge in [-0.25, -0.2) is 4.98 Å². The minimum absolute atomic E-state index is 0.0429. The molecule has 0 unspecified atom stereocenters. The molecule has 2 heterocycles. The predicted octanol–water partition coefficient (Wildman–Crippen LogP) is 6.51. The topological polar surface area (TPSA) is 42.4 Å². The van der Waals surface area contributed by atoms with E-state index < -0.39 is 0 Å². The molecule has 0 fully saturated rings. The summed E-state index contributed by atoms with van der Waals surface area (Å²) in [7, 11) is 0. The Kier molecular flexibility index (Phi) is 5.25. The fourth-order valence-electron chi connectivity index (χ4n) is 5.32. The number of amides is 1. The van der Waals surface area contributed by atoms with E-state index in [9.17, 15) is 4.79 Å². The van der Waals surface area contributed by atoms with Gasteiger partial charge in [-0.15, -0.1) is 0 Å². The number of nitrogens with zero attached hydrogens (tertiary/aromatic N) is 2. The van der Waals surface area contributed by atoms with Crippen LogP contribution < -0.4 is 9.64 Å². The molecule has 1 aromatic heterocycles. The molecule has 3 aromatic carbocycles. The molecule has 0 saturated carbocycles. The predicted molar refractivity (Wildman–Crippen MR) is 135 cm³/mol. The van der Waals surface area contributed by atoms with Crippen LogP contribution in [-0.4, -0.2) is 23.0 Å². The van der Waals surface area contributed by atoms with E-state index in [0.717, 1.165) is 22.3 Å². The third-order valence-electron chi connectivity index (χ3n) is 6.63. The Morgan fingerprint density at radius 3 is 2.58 bits per heavy atom. The van der Waals surface area contributed by atoms with Crippen LogP contribution in [0.3, 0.4) is 0 Å². The second-order valence-electron chi connectivity index (χ2n) is 9.67. The number of benzene rings is 3. The highest BCUT2D eigenvalue weighted by Gasteiger charge is 2.47. The molecule has 5 rings (SSSR count). The molecule has 33 heavy (non-hydrogen) atoms. The van der Waals surface area contributed by atoms with Gasteiger partial charge in [-0.05, 0) is 56.5 Å². The van der Waals surface area contributed by atoms with Crippen LogP contribution >= 0.6 is 11.3 Å². The lowest BCUT2D eigenvalue weighted by Crippen LogP contribution is -2.57. The Balaban J connectivity index is 1.48. The van der Waals surface area contributed by atoms with Crippen molar-refractivity contribution in [3.63, 3.8) is 0 Å². The van der Waals surface area contributed by atoms with Crippen molar-refractivity contribution >= 4 is 33.1 Å². The Hall–Kier alpha value is -3.18. The smallest absolute Gasteiger partial charge is 0.274 e. The van der Waals surface area contributed by atoms with Crippen LogP contribution in [0.1, 0.15) is 43.9 Å². The highest BCUT2D eigenvalue weighted by molar-refractivity contribution is 7.20. The first-order valence-electron chi connectivity index (χ1n) is 11.3. The molecule has 1 amide bonds. The second-order valence-corrected chi connectivity index (χ2v) is 10.7. The quantitative estimate of drug-likeness (QED) is 0.352. The van der Waals surface area contributed by atoms with Gasteiger partial charge in [0.15, 0.2) is 6.61 Å². The van der Waals surface area contributed by atoms with Crippen LogP contribution in [0, 0.1) is 6.92 Å². The molecule has 4 nitrogen and oxygen atoms in total. The van der Waals surface area contributed by atoms with Crippen molar-refractivity contribution in [2.75, 3.05) is 11.5 Å². The first-order chi connectivity index (χ1) is 15.8. The summed E-state index contributed by atoms with van der Waals surface area (Å²) in [4.78, 5) is 20.0. The molecule has 1 aliphatic rings. The number of anilines is 1. The molecule has 1 aliphatic heterocycles. The maximum absolute atomic E-state index is 13.5. The second kappa shape index (κ2) is 7.99. The Bertz CT molecular complexity index is 1310. The fourth-order valence-corrected chi connectivity index (χ4v) is 6.13. The minimum Gasteiger partial charge on any atom is -0.460 e. The maximum Gasteiger partial charge on any atom is 0.274 e. The van der Waals surface area contributed by atoms with Crippen molar-refractivity contribution in [3.8, 4) is 5.19 Å². The van der Waals surface area contributed by atoms with Gasteiger partial charge in [0, 0.05) is 16.6 Å². The number of para-hydroxylation sites is 2. The fraction of sp³-hybridized carbons (Fsp3) is 0.286. The first kappa shape index (κ1) is 21.7. The number of fused-ring (bicyclic) bond motifs is 2. The number of carbonyl (C=O) groups is 1. The van der Waals surface area contributed by atoms with Gasteiger partial charge in [-0.1, -0.05) is 78.4 Å². The summed E-state index contributed by atoms with van der Waals surface area (Å²) >= 11 is 1.47. The van der Waals surface area contributed by atoms with Crippen LogP contribution in [0.25, 0.3) is 10.2 Å². The lowest BCUT2D eigenvalue weighted by Gasteiger charge is -2.51. The molecule has 168 valence electrons. The Morgan fingerprint density at radius 2 is 1.79 bits per heavy atom. The number of rotatable bonds is 4. The molecular formula is C28H28N2O2S. The average Bonchev–Trinajstić information content (AvgIpc) is 3.20. The highest BCUT2D eigenvalue weighted by Crippen LogP contribution is 2.50. The van der Waals surface area contributed by atoms with E-state index in [0.29, 0.717) is 5.19 Å². The number of ether oxygens (including phenoxy) is 1. The number of aryl methyl sites for hydroxylation is 1. The standard InChI is InChI=1S/C28H28N2O2S/c1-19-10-9-11-20(16-19)28(4)18-27(2,3)30(23-14-7-5-12-21(23)28)25(31)17-32-26-29-22-13-6-8-15-24(22)33-26/h5-16H,17-18H2,1-4H3/t28-/m1/s1. The van der Waals surface area contributed by atoms with Crippen LogP contribution in [0.4, 0.5) is 5.69 Å². The zero-order valence-electron chi connectivity index (χ0n) is 19.5. The van der Waals surface area contributed by atoms with Crippen molar-refractivity contribution in [2.24, 2.45) is 0 Å². The van der Waals surface area contributed by atoms with E-state index in [1.54, 1.807) is 0 Å². The van der Waals surface area contributed by atoms with Gasteiger partial charge in [0.25, 0.3) is 11.1 Å². The first-order valence-corrected chi connectivity index (χ1v) is 12.1. The van der Waals surface area contributed by atoms with E-state index in [4.69, 9.17) is 4.74 Å². The van der Waals surface area contributed by atoms with Crippen molar-refractivity contribution < 1.29 is 9.53 Å². The van der Waals surface area contributed by atoms with E-state index in [1.807, 2.05) is 35.2 Å². The van der Waals surface area contributed by atoms with Crippen LogP contribution in [0.2, 0.25) is 0 Å². The largest absolute Gasteiger partial charge is 0.460 e. The monoisotopic (exact) mass is 456 g/mol. The molecule has 0 N–H and O–H groups in total. The van der Waals surface area contributed by atoms with Crippen LogP contribution in [0.15, 0.2) is 72.8 Å². The number of thiazole rings is 1. The lowest BCUT2D eigenvalue weighted by molar-refractivity contribution is -0.121. The van der Waals surface area contributed by atoms with E-state index in [2.05, 4.69) is 75.1 Å². The van der Waals surface area contributed by atoms with Crippen molar-refractivity contribution in [2.45, 2.75) is 45.1 Å². The van der Waals surface area contributed by atoms with E-state index in [1.165, 1.54) is 28.0 Å². The molecule has 5 heteroatoms. The van der Waals surface area contributed by atoms with Gasteiger partial charge in [0.05, 0.1) is 10.2 Å². The number of carbonyl (C=O) groups excluding carboxylic acids is 1. The number of hydrogen-bond donors (Lipinski definition) is 0. The summed E-state index contributed by atoms with van der Waals surface area (Å²) in [5.41, 5.74) is 4.95. The summed E-state index contributed by atoms with van der Waals surface area (Å²) < 4.78 is 6.94. The van der Waals surface area contributed by atoms with Crippen LogP contribution in [-0.2, 0) is 10.2 Å². The third kappa shape index (κ3) is 3.80. The zero-order chi connectivity index (χ0) is 23.2. The molecular weight excluding hydrogens is 428 g/mol. The lowest BCUT2D eigenvalue weighted by atomic mass is 9.65. The molecule has 0 aliphatic carbocycles. The Labute approximate surface area is 198 Å². The van der Waals surface area contributed by atoms with Gasteiger partial charge < -0.3 is 9.64 Å². The Morgan fingerprint density at radius 1 is 1.03 bits per heavy atom. The van der Waals surface area contributed by atoms with Gasteiger partial charge >= 0.3 is 0 Å². The summed E-state index contributed by atoms with van der Waals surface area (Å²) in [5.74, 6) is -0.0574. The summed E-state index contributed by atoms with van der Waals surface area (Å²) in [6.45, 7) is 8.67. The number of aromatic nitrogens is 1.